The van der Waals surface area contributed by atoms with Gasteiger partial charge < -0.3 is 9.52 Å². The van der Waals surface area contributed by atoms with Crippen molar-refractivity contribution in [3.8, 4) is 5.75 Å². The van der Waals surface area contributed by atoms with E-state index in [-0.39, 0.29) is 5.75 Å². The highest BCUT2D eigenvalue weighted by atomic mass is 16.4. The van der Waals surface area contributed by atoms with Crippen LogP contribution in [-0.2, 0) is 0 Å². The molecule has 0 radical (unpaired) electrons. The molecule has 0 aromatic carbocycles. The van der Waals surface area contributed by atoms with Crippen molar-refractivity contribution in [2.75, 3.05) is 0 Å². The summed E-state index contributed by atoms with van der Waals surface area (Å²) >= 11 is 0. The van der Waals surface area contributed by atoms with Gasteiger partial charge in [-0.15, -0.1) is 0 Å². The molecule has 0 aliphatic carbocycles. The van der Waals surface area contributed by atoms with E-state index < -0.39 is 5.63 Å². The molecule has 0 atom stereocenters. The van der Waals surface area contributed by atoms with E-state index in [0.29, 0.717) is 5.76 Å². The highest BCUT2D eigenvalue weighted by Gasteiger charge is 1.95. The van der Waals surface area contributed by atoms with Crippen molar-refractivity contribution < 1.29 is 9.52 Å². The van der Waals surface area contributed by atoms with Crippen LogP contribution in [-0.4, -0.2) is 5.11 Å². The zero-order valence-corrected chi connectivity index (χ0v) is 14.9. The first-order valence-electron chi connectivity index (χ1n) is 8.84. The fraction of sp³-hybridized carbons (Fsp3) is 0.318. The van der Waals surface area contributed by atoms with Crippen molar-refractivity contribution in [2.45, 2.75) is 45.4 Å². The largest absolute Gasteiger partial charge is 0.508 e. The van der Waals surface area contributed by atoms with Gasteiger partial charge in [0.15, 0.2) is 0 Å². The summed E-state index contributed by atoms with van der Waals surface area (Å²) < 4.78 is 4.93. The number of hydrogen-bond acceptors (Lipinski definition) is 3. The first kappa shape index (κ1) is 20.5. The van der Waals surface area contributed by atoms with Crippen LogP contribution in [0.3, 0.4) is 0 Å². The van der Waals surface area contributed by atoms with E-state index in [9.17, 15) is 9.90 Å². The van der Waals surface area contributed by atoms with E-state index in [1.165, 1.54) is 31.7 Å². The molecule has 0 aliphatic rings. The second-order valence-electron chi connectivity index (χ2n) is 5.65. The molecule has 0 saturated heterocycles. The molecule has 0 unspecified atom stereocenters. The summed E-state index contributed by atoms with van der Waals surface area (Å²) in [5.74, 6) is 0.270. The lowest BCUT2D eigenvalue weighted by Crippen LogP contribution is -1.95. The Balaban J connectivity index is 2.06. The summed E-state index contributed by atoms with van der Waals surface area (Å²) in [7, 11) is 0. The van der Waals surface area contributed by atoms with Gasteiger partial charge in [-0.2, -0.15) is 0 Å². The SMILES string of the molecule is C/C=C/C=C/C=C/CCCCCC/C=C/C=C/c1cc(O)cc(=O)o1. The second kappa shape index (κ2) is 13.8. The van der Waals surface area contributed by atoms with Crippen LogP contribution >= 0.6 is 0 Å². The monoisotopic (exact) mass is 340 g/mol. The van der Waals surface area contributed by atoms with Gasteiger partial charge in [0.05, 0.1) is 6.07 Å². The molecule has 25 heavy (non-hydrogen) atoms. The standard InChI is InChI=1S/C22H28O3/c1-2-3-4-5-6-7-8-9-10-11-12-13-14-15-16-17-21-18-20(23)19-22(24)25-21/h2-7,14-19,23H,8-13H2,1H3/b3-2+,5-4+,7-6+,15-14+,17-16+. The summed E-state index contributed by atoms with van der Waals surface area (Å²) in [5.41, 5.74) is -0.549. The lowest BCUT2D eigenvalue weighted by Gasteiger charge is -1.96. The van der Waals surface area contributed by atoms with Crippen LogP contribution in [0.5, 0.6) is 5.75 Å². The minimum Gasteiger partial charge on any atom is -0.508 e. The number of rotatable bonds is 11. The maximum Gasteiger partial charge on any atom is 0.339 e. The molecule has 0 bridgehead atoms. The molecule has 0 amide bonds. The Morgan fingerprint density at radius 2 is 1.52 bits per heavy atom. The van der Waals surface area contributed by atoms with Gasteiger partial charge in [-0.3, -0.25) is 0 Å². The molecule has 1 rings (SSSR count). The van der Waals surface area contributed by atoms with Gasteiger partial charge in [-0.1, -0.05) is 67.5 Å². The summed E-state index contributed by atoms with van der Waals surface area (Å²) in [6, 6.07) is 2.46. The Morgan fingerprint density at radius 3 is 2.16 bits per heavy atom. The molecule has 1 N–H and O–H groups in total. The molecule has 1 aromatic rings. The Labute approximate surface area is 150 Å². The average molecular weight is 340 g/mol. The van der Waals surface area contributed by atoms with Crippen LogP contribution in [0.25, 0.3) is 6.08 Å². The predicted molar refractivity (Wildman–Crippen MR) is 106 cm³/mol. The number of aromatic hydroxyl groups is 1. The lowest BCUT2D eigenvalue weighted by molar-refractivity contribution is 0.444. The lowest BCUT2D eigenvalue weighted by atomic mass is 10.1. The van der Waals surface area contributed by atoms with E-state index in [2.05, 4.69) is 24.3 Å². The maximum atomic E-state index is 11.1. The molecule has 0 saturated carbocycles. The van der Waals surface area contributed by atoms with Gasteiger partial charge in [-0.25, -0.2) is 4.79 Å². The van der Waals surface area contributed by atoms with Gasteiger partial charge >= 0.3 is 5.63 Å². The molecule has 1 heterocycles. The third-order valence-electron chi connectivity index (χ3n) is 3.44. The van der Waals surface area contributed by atoms with Crippen molar-refractivity contribution in [3.05, 3.63) is 83.0 Å². The fourth-order valence-corrected chi connectivity index (χ4v) is 2.18. The predicted octanol–water partition coefficient (Wildman–Crippen LogP) is 5.94. The third-order valence-corrected chi connectivity index (χ3v) is 3.44. The minimum atomic E-state index is -0.549. The first-order chi connectivity index (χ1) is 12.2. The smallest absolute Gasteiger partial charge is 0.339 e. The highest BCUT2D eigenvalue weighted by molar-refractivity contribution is 5.46. The van der Waals surface area contributed by atoms with Crippen LogP contribution in [0.4, 0.5) is 0 Å². The Morgan fingerprint density at radius 1 is 0.880 bits per heavy atom. The van der Waals surface area contributed by atoms with Crippen LogP contribution in [0.15, 0.2) is 76.0 Å². The Hall–Kier alpha value is -2.55. The maximum absolute atomic E-state index is 11.1. The normalized spacial score (nSPS) is 12.7. The van der Waals surface area contributed by atoms with E-state index >= 15 is 0 Å². The number of hydrogen-bond donors (Lipinski definition) is 1. The fourth-order valence-electron chi connectivity index (χ4n) is 2.18. The molecule has 0 aliphatic heterocycles. The summed E-state index contributed by atoms with van der Waals surface area (Å²) in [5, 5.41) is 9.30. The highest BCUT2D eigenvalue weighted by Crippen LogP contribution is 2.09. The number of allylic oxidation sites excluding steroid dienone is 9. The molecule has 0 fully saturated rings. The molecular formula is C22H28O3. The summed E-state index contributed by atoms with van der Waals surface area (Å²) in [6.07, 6.45) is 27.0. The van der Waals surface area contributed by atoms with E-state index in [1.54, 1.807) is 6.08 Å². The van der Waals surface area contributed by atoms with E-state index in [4.69, 9.17) is 4.42 Å². The van der Waals surface area contributed by atoms with Crippen molar-refractivity contribution in [2.24, 2.45) is 0 Å². The molecule has 134 valence electrons. The quantitative estimate of drug-likeness (QED) is 0.400. The average Bonchev–Trinajstić information content (AvgIpc) is 2.57. The van der Waals surface area contributed by atoms with E-state index in [0.717, 1.165) is 18.9 Å². The van der Waals surface area contributed by atoms with Crippen LogP contribution < -0.4 is 5.63 Å². The third kappa shape index (κ3) is 11.6. The van der Waals surface area contributed by atoms with Crippen molar-refractivity contribution in [1.82, 2.24) is 0 Å². The van der Waals surface area contributed by atoms with Gasteiger partial charge in [-0.05, 0) is 38.7 Å². The molecule has 3 heteroatoms. The van der Waals surface area contributed by atoms with E-state index in [1.807, 2.05) is 37.3 Å². The Kier molecular flexibility index (Phi) is 11.4. The summed E-state index contributed by atoms with van der Waals surface area (Å²) in [4.78, 5) is 11.1. The minimum absolute atomic E-state index is 0.0801. The molecule has 1 aromatic heterocycles. The molecular weight excluding hydrogens is 312 g/mol. The van der Waals surface area contributed by atoms with Crippen LogP contribution in [0, 0.1) is 0 Å². The zero-order chi connectivity index (χ0) is 18.2. The zero-order valence-electron chi connectivity index (χ0n) is 14.9. The first-order valence-corrected chi connectivity index (χ1v) is 8.84. The molecule has 3 nitrogen and oxygen atoms in total. The van der Waals surface area contributed by atoms with Gasteiger partial charge in [0.1, 0.15) is 11.5 Å². The topological polar surface area (TPSA) is 50.4 Å². The van der Waals surface area contributed by atoms with Gasteiger partial charge in [0.25, 0.3) is 0 Å². The van der Waals surface area contributed by atoms with Crippen LogP contribution in [0.1, 0.15) is 51.2 Å². The van der Waals surface area contributed by atoms with Crippen molar-refractivity contribution in [3.63, 3.8) is 0 Å². The van der Waals surface area contributed by atoms with Crippen molar-refractivity contribution in [1.29, 1.82) is 0 Å². The van der Waals surface area contributed by atoms with Crippen LogP contribution in [0.2, 0.25) is 0 Å². The Bertz CT molecular complexity index is 673. The number of unbranched alkanes of at least 4 members (excludes halogenated alkanes) is 5. The molecule has 0 spiro atoms. The second-order valence-corrected chi connectivity index (χ2v) is 5.65. The summed E-state index contributed by atoms with van der Waals surface area (Å²) in [6.45, 7) is 2.01. The van der Waals surface area contributed by atoms with Gasteiger partial charge in [0.2, 0.25) is 0 Å². The van der Waals surface area contributed by atoms with Crippen molar-refractivity contribution >= 4 is 6.08 Å². The van der Waals surface area contributed by atoms with Gasteiger partial charge in [0, 0.05) is 6.07 Å².